The van der Waals surface area contributed by atoms with Gasteiger partial charge in [0.05, 0.1) is 26.7 Å². The number of ether oxygens (including phenoxy) is 4. The smallest absolute Gasteiger partial charge is 0.311 e. The number of H-pyrrole nitrogens is 1. The van der Waals surface area contributed by atoms with E-state index in [2.05, 4.69) is 4.98 Å². The van der Waals surface area contributed by atoms with Crippen LogP contribution < -0.4 is 4.74 Å². The molecule has 0 bridgehead atoms. The molecule has 0 radical (unpaired) electrons. The molecular formula is C20H27NO5. The summed E-state index contributed by atoms with van der Waals surface area (Å²) < 4.78 is 22.0. The third kappa shape index (κ3) is 4.56. The first kappa shape index (κ1) is 18.7. The van der Waals surface area contributed by atoms with Gasteiger partial charge in [0.15, 0.2) is 6.29 Å². The molecule has 26 heavy (non-hydrogen) atoms. The van der Waals surface area contributed by atoms with E-state index in [4.69, 9.17) is 18.9 Å². The van der Waals surface area contributed by atoms with Gasteiger partial charge in [-0.3, -0.25) is 4.79 Å². The van der Waals surface area contributed by atoms with Crippen LogP contribution in [0, 0.1) is 0 Å². The molecule has 2 aromatic rings. The molecule has 1 unspecified atom stereocenters. The number of hydrogen-bond donors (Lipinski definition) is 1. The van der Waals surface area contributed by atoms with Gasteiger partial charge in [0.25, 0.3) is 0 Å². The maximum atomic E-state index is 12.0. The molecule has 1 aromatic carbocycles. The molecule has 1 aromatic heterocycles. The molecule has 1 aliphatic rings. The second kappa shape index (κ2) is 9.05. The van der Waals surface area contributed by atoms with E-state index in [0.29, 0.717) is 19.6 Å². The Morgan fingerprint density at radius 3 is 2.96 bits per heavy atom. The highest BCUT2D eigenvalue weighted by molar-refractivity contribution is 5.87. The molecular weight excluding hydrogens is 334 g/mol. The standard InChI is InChI=1S/C20H27NO5/c1-3-24-19(22)13-18-15(9-11-26-20-6-4-5-10-25-20)16-12-14(23-2)7-8-17(16)21-18/h7-8,12,20-21H,3-6,9-11,13H2,1-2H3. The van der Waals surface area contributed by atoms with E-state index < -0.39 is 0 Å². The minimum Gasteiger partial charge on any atom is -0.497 e. The highest BCUT2D eigenvalue weighted by Gasteiger charge is 2.18. The number of rotatable bonds is 8. The second-order valence-electron chi connectivity index (χ2n) is 6.39. The molecule has 0 aliphatic carbocycles. The van der Waals surface area contributed by atoms with E-state index in [1.807, 2.05) is 25.1 Å². The van der Waals surface area contributed by atoms with Gasteiger partial charge in [-0.1, -0.05) is 0 Å². The lowest BCUT2D eigenvalue weighted by Crippen LogP contribution is -2.23. The summed E-state index contributed by atoms with van der Waals surface area (Å²) in [5.41, 5.74) is 2.93. The zero-order valence-corrected chi connectivity index (χ0v) is 15.5. The van der Waals surface area contributed by atoms with Crippen molar-refractivity contribution in [3.8, 4) is 5.75 Å². The zero-order valence-electron chi connectivity index (χ0n) is 15.5. The van der Waals surface area contributed by atoms with Gasteiger partial charge in [-0.15, -0.1) is 0 Å². The summed E-state index contributed by atoms with van der Waals surface area (Å²) in [6.07, 6.45) is 3.99. The number of aromatic nitrogens is 1. The SMILES string of the molecule is CCOC(=O)Cc1[nH]c2ccc(OC)cc2c1CCOC1CCCCO1. The molecule has 1 fully saturated rings. The fourth-order valence-corrected chi connectivity index (χ4v) is 3.34. The summed E-state index contributed by atoms with van der Waals surface area (Å²) in [5.74, 6) is 0.556. The number of methoxy groups -OCH3 is 1. The van der Waals surface area contributed by atoms with Gasteiger partial charge in [-0.25, -0.2) is 0 Å². The molecule has 2 heterocycles. The average molecular weight is 361 g/mol. The largest absolute Gasteiger partial charge is 0.497 e. The molecule has 1 aliphatic heterocycles. The normalized spacial score (nSPS) is 17.4. The highest BCUT2D eigenvalue weighted by Crippen LogP contribution is 2.28. The Labute approximate surface area is 153 Å². The molecule has 6 heteroatoms. The van der Waals surface area contributed by atoms with Crippen molar-refractivity contribution in [1.82, 2.24) is 4.98 Å². The summed E-state index contributed by atoms with van der Waals surface area (Å²) in [4.78, 5) is 15.3. The van der Waals surface area contributed by atoms with Crippen LogP contribution in [0.4, 0.5) is 0 Å². The number of aromatic amines is 1. The molecule has 6 nitrogen and oxygen atoms in total. The van der Waals surface area contributed by atoms with Crippen molar-refractivity contribution in [1.29, 1.82) is 0 Å². The molecule has 1 saturated heterocycles. The van der Waals surface area contributed by atoms with Crippen LogP contribution in [0.1, 0.15) is 37.4 Å². The first-order chi connectivity index (χ1) is 12.7. The molecule has 1 N–H and O–H groups in total. The average Bonchev–Trinajstić information content (AvgIpc) is 2.99. The van der Waals surface area contributed by atoms with E-state index in [-0.39, 0.29) is 18.7 Å². The maximum absolute atomic E-state index is 12.0. The monoisotopic (exact) mass is 361 g/mol. The Hall–Kier alpha value is -2.05. The number of benzene rings is 1. The van der Waals surface area contributed by atoms with Crippen molar-refractivity contribution < 1.29 is 23.7 Å². The summed E-state index contributed by atoms with van der Waals surface area (Å²) in [7, 11) is 1.65. The zero-order chi connectivity index (χ0) is 18.4. The van der Waals surface area contributed by atoms with Crippen molar-refractivity contribution in [3.05, 3.63) is 29.5 Å². The summed E-state index contributed by atoms with van der Waals surface area (Å²) in [6, 6.07) is 5.87. The Morgan fingerprint density at radius 2 is 2.23 bits per heavy atom. The van der Waals surface area contributed by atoms with Crippen LogP contribution in [-0.4, -0.2) is 44.2 Å². The lowest BCUT2D eigenvalue weighted by Gasteiger charge is -2.22. The minimum absolute atomic E-state index is 0.114. The summed E-state index contributed by atoms with van der Waals surface area (Å²) >= 11 is 0. The number of carbonyl (C=O) groups excluding carboxylic acids is 1. The van der Waals surface area contributed by atoms with E-state index in [0.717, 1.165) is 53.8 Å². The van der Waals surface area contributed by atoms with E-state index in [1.165, 1.54) is 0 Å². The Kier molecular flexibility index (Phi) is 6.52. The lowest BCUT2D eigenvalue weighted by molar-refractivity contribution is -0.161. The fourth-order valence-electron chi connectivity index (χ4n) is 3.34. The number of carbonyl (C=O) groups is 1. The third-order valence-electron chi connectivity index (χ3n) is 4.62. The Bertz CT molecular complexity index is 733. The molecule has 0 amide bonds. The van der Waals surface area contributed by atoms with Gasteiger partial charge >= 0.3 is 5.97 Å². The molecule has 3 rings (SSSR count). The van der Waals surface area contributed by atoms with Crippen LogP contribution in [0.25, 0.3) is 10.9 Å². The number of fused-ring (bicyclic) bond motifs is 1. The number of hydrogen-bond acceptors (Lipinski definition) is 5. The van der Waals surface area contributed by atoms with Crippen LogP contribution in [0.3, 0.4) is 0 Å². The van der Waals surface area contributed by atoms with Crippen molar-refractivity contribution in [2.45, 2.75) is 45.3 Å². The lowest BCUT2D eigenvalue weighted by atomic mass is 10.1. The fraction of sp³-hybridized carbons (Fsp3) is 0.550. The van der Waals surface area contributed by atoms with E-state index in [9.17, 15) is 4.79 Å². The number of nitrogens with one attached hydrogen (secondary N) is 1. The van der Waals surface area contributed by atoms with Gasteiger partial charge < -0.3 is 23.9 Å². The van der Waals surface area contributed by atoms with Crippen LogP contribution in [-0.2, 0) is 31.8 Å². The highest BCUT2D eigenvalue weighted by atomic mass is 16.7. The molecule has 0 spiro atoms. The topological polar surface area (TPSA) is 69.8 Å². The van der Waals surface area contributed by atoms with Gasteiger partial charge in [0.1, 0.15) is 5.75 Å². The van der Waals surface area contributed by atoms with Crippen LogP contribution in [0.5, 0.6) is 5.75 Å². The van der Waals surface area contributed by atoms with Gasteiger partial charge in [-0.05, 0) is 56.4 Å². The first-order valence-electron chi connectivity index (χ1n) is 9.27. The van der Waals surface area contributed by atoms with Crippen molar-refractivity contribution >= 4 is 16.9 Å². The predicted molar refractivity (Wildman–Crippen MR) is 98.4 cm³/mol. The first-order valence-corrected chi connectivity index (χ1v) is 9.27. The van der Waals surface area contributed by atoms with E-state index >= 15 is 0 Å². The van der Waals surface area contributed by atoms with Gasteiger partial charge in [-0.2, -0.15) is 0 Å². The quantitative estimate of drug-likeness (QED) is 0.730. The van der Waals surface area contributed by atoms with Crippen molar-refractivity contribution in [3.63, 3.8) is 0 Å². The molecule has 142 valence electrons. The van der Waals surface area contributed by atoms with Crippen LogP contribution >= 0.6 is 0 Å². The third-order valence-corrected chi connectivity index (χ3v) is 4.62. The minimum atomic E-state index is -0.233. The number of esters is 1. The summed E-state index contributed by atoms with van der Waals surface area (Å²) in [6.45, 7) is 3.50. The van der Waals surface area contributed by atoms with Gasteiger partial charge in [0.2, 0.25) is 0 Å². The van der Waals surface area contributed by atoms with Crippen molar-refractivity contribution in [2.24, 2.45) is 0 Å². The van der Waals surface area contributed by atoms with Gasteiger partial charge in [0, 0.05) is 23.2 Å². The Morgan fingerprint density at radius 1 is 1.35 bits per heavy atom. The second-order valence-corrected chi connectivity index (χ2v) is 6.39. The van der Waals surface area contributed by atoms with Crippen LogP contribution in [0.15, 0.2) is 18.2 Å². The van der Waals surface area contributed by atoms with E-state index in [1.54, 1.807) is 7.11 Å². The van der Waals surface area contributed by atoms with Crippen molar-refractivity contribution in [2.75, 3.05) is 26.9 Å². The molecule has 1 atom stereocenters. The Balaban J connectivity index is 1.77. The van der Waals surface area contributed by atoms with Crippen LogP contribution in [0.2, 0.25) is 0 Å². The molecule has 0 saturated carbocycles. The maximum Gasteiger partial charge on any atom is 0.311 e. The predicted octanol–water partition coefficient (Wildman–Crippen LogP) is 3.37. The summed E-state index contributed by atoms with van der Waals surface area (Å²) in [5, 5.41) is 1.05.